The lowest BCUT2D eigenvalue weighted by Crippen LogP contribution is -2.09. The summed E-state index contributed by atoms with van der Waals surface area (Å²) in [6.45, 7) is 0. The monoisotopic (exact) mass is 364 g/mol. The van der Waals surface area contributed by atoms with E-state index in [1.807, 2.05) is 28.7 Å². The van der Waals surface area contributed by atoms with E-state index in [0.29, 0.717) is 9.26 Å². The van der Waals surface area contributed by atoms with Gasteiger partial charge in [-0.05, 0) is 40.8 Å². The minimum atomic E-state index is -4.43. The molecular weight excluding hydrogens is 356 g/mol. The van der Waals surface area contributed by atoms with E-state index in [9.17, 15) is 13.2 Å². The molecule has 0 aliphatic carbocycles. The Morgan fingerprint density at radius 1 is 1.11 bits per heavy atom. The van der Waals surface area contributed by atoms with E-state index in [2.05, 4.69) is 10.3 Å². The molecule has 18 heavy (non-hydrogen) atoms. The van der Waals surface area contributed by atoms with Gasteiger partial charge in [0.2, 0.25) is 0 Å². The van der Waals surface area contributed by atoms with Crippen LogP contribution in [0, 0.1) is 3.57 Å². The first-order valence-electron chi connectivity index (χ1n) is 5.01. The Morgan fingerprint density at radius 2 is 1.78 bits per heavy atom. The summed E-state index contributed by atoms with van der Waals surface area (Å²) in [6, 6.07) is 10.0. The van der Waals surface area contributed by atoms with Gasteiger partial charge in [-0.25, -0.2) is 0 Å². The second-order valence-corrected chi connectivity index (χ2v) is 4.70. The van der Waals surface area contributed by atoms with Crippen LogP contribution in [0.2, 0.25) is 0 Å². The van der Waals surface area contributed by atoms with Gasteiger partial charge in [-0.15, -0.1) is 0 Å². The van der Waals surface area contributed by atoms with Gasteiger partial charge in [0.15, 0.2) is 0 Å². The number of aromatic nitrogens is 1. The number of anilines is 2. The highest BCUT2D eigenvalue weighted by atomic mass is 127. The van der Waals surface area contributed by atoms with E-state index in [-0.39, 0.29) is 0 Å². The van der Waals surface area contributed by atoms with Crippen LogP contribution in [-0.4, -0.2) is 4.98 Å². The lowest BCUT2D eigenvalue weighted by Gasteiger charge is -2.11. The number of hydrogen-bond acceptors (Lipinski definition) is 2. The number of pyridine rings is 1. The Labute approximate surface area is 115 Å². The SMILES string of the molecule is FC(F)(F)c1cc(Nc2ccccc2)c(I)cn1. The number of para-hydroxylation sites is 1. The Balaban J connectivity index is 2.33. The first-order chi connectivity index (χ1) is 8.47. The van der Waals surface area contributed by atoms with Crippen LogP contribution in [0.5, 0.6) is 0 Å². The molecule has 0 aliphatic rings. The molecule has 0 spiro atoms. The molecule has 1 aromatic heterocycles. The van der Waals surface area contributed by atoms with Crippen molar-refractivity contribution in [1.29, 1.82) is 0 Å². The normalized spacial score (nSPS) is 11.3. The topological polar surface area (TPSA) is 24.9 Å². The van der Waals surface area contributed by atoms with E-state index in [4.69, 9.17) is 0 Å². The lowest BCUT2D eigenvalue weighted by molar-refractivity contribution is -0.141. The first-order valence-corrected chi connectivity index (χ1v) is 6.09. The third kappa shape index (κ3) is 3.12. The van der Waals surface area contributed by atoms with Crippen molar-refractivity contribution in [1.82, 2.24) is 4.98 Å². The van der Waals surface area contributed by atoms with Crippen molar-refractivity contribution < 1.29 is 13.2 Å². The zero-order chi connectivity index (χ0) is 13.2. The van der Waals surface area contributed by atoms with Gasteiger partial charge in [-0.2, -0.15) is 13.2 Å². The van der Waals surface area contributed by atoms with Gasteiger partial charge >= 0.3 is 6.18 Å². The fourth-order valence-electron chi connectivity index (χ4n) is 1.37. The molecule has 6 heteroatoms. The van der Waals surface area contributed by atoms with Crippen LogP contribution in [0.25, 0.3) is 0 Å². The molecule has 0 radical (unpaired) electrons. The van der Waals surface area contributed by atoms with E-state index < -0.39 is 11.9 Å². The van der Waals surface area contributed by atoms with Crippen LogP contribution in [0.15, 0.2) is 42.6 Å². The smallest absolute Gasteiger partial charge is 0.355 e. The number of alkyl halides is 3. The molecule has 1 heterocycles. The largest absolute Gasteiger partial charge is 0.433 e. The maximum absolute atomic E-state index is 12.5. The van der Waals surface area contributed by atoms with E-state index in [0.717, 1.165) is 11.8 Å². The molecule has 2 nitrogen and oxygen atoms in total. The van der Waals surface area contributed by atoms with Crippen LogP contribution in [0.1, 0.15) is 5.69 Å². The second kappa shape index (κ2) is 5.13. The van der Waals surface area contributed by atoms with Crippen molar-refractivity contribution in [2.45, 2.75) is 6.18 Å². The highest BCUT2D eigenvalue weighted by Crippen LogP contribution is 2.31. The van der Waals surface area contributed by atoms with E-state index in [1.165, 1.54) is 6.20 Å². The average Bonchev–Trinajstić information content (AvgIpc) is 2.32. The maximum atomic E-state index is 12.5. The van der Waals surface area contributed by atoms with Gasteiger partial charge in [0.05, 0.1) is 9.26 Å². The number of benzene rings is 1. The Morgan fingerprint density at radius 3 is 2.39 bits per heavy atom. The van der Waals surface area contributed by atoms with Crippen LogP contribution in [-0.2, 0) is 6.18 Å². The second-order valence-electron chi connectivity index (χ2n) is 3.54. The molecule has 0 amide bonds. The quantitative estimate of drug-likeness (QED) is 0.797. The van der Waals surface area contributed by atoms with Gasteiger partial charge in [-0.3, -0.25) is 4.98 Å². The molecule has 2 rings (SSSR count). The molecule has 2 aromatic rings. The van der Waals surface area contributed by atoms with E-state index in [1.54, 1.807) is 24.3 Å². The summed E-state index contributed by atoms with van der Waals surface area (Å²) in [5, 5.41) is 2.94. The van der Waals surface area contributed by atoms with Crippen LogP contribution >= 0.6 is 22.6 Å². The predicted molar refractivity (Wildman–Crippen MR) is 71.7 cm³/mol. The summed E-state index contributed by atoms with van der Waals surface area (Å²) in [5.41, 5.74) is 0.222. The van der Waals surface area contributed by atoms with Crippen molar-refractivity contribution in [3.8, 4) is 0 Å². The van der Waals surface area contributed by atoms with Gasteiger partial charge in [-0.1, -0.05) is 18.2 Å². The third-order valence-corrected chi connectivity index (χ3v) is 3.06. The molecule has 0 unspecified atom stereocenters. The Bertz CT molecular complexity index is 541. The number of nitrogens with zero attached hydrogens (tertiary/aromatic N) is 1. The van der Waals surface area contributed by atoms with Gasteiger partial charge in [0, 0.05) is 11.9 Å². The summed E-state index contributed by atoms with van der Waals surface area (Å²) in [7, 11) is 0. The van der Waals surface area contributed by atoms with Gasteiger partial charge in [0.1, 0.15) is 5.69 Å². The molecular formula is C12H8F3IN2. The molecule has 0 saturated carbocycles. The highest BCUT2D eigenvalue weighted by Gasteiger charge is 2.32. The van der Waals surface area contributed by atoms with Crippen LogP contribution in [0.3, 0.4) is 0 Å². The molecule has 0 atom stereocenters. The zero-order valence-corrected chi connectivity index (χ0v) is 11.2. The number of rotatable bonds is 2. The molecule has 0 bridgehead atoms. The zero-order valence-electron chi connectivity index (χ0n) is 9.00. The van der Waals surface area contributed by atoms with Crippen molar-refractivity contribution in [2.24, 2.45) is 0 Å². The minimum absolute atomic E-state index is 0.393. The molecule has 0 fully saturated rings. The molecule has 0 aliphatic heterocycles. The average molecular weight is 364 g/mol. The van der Waals surface area contributed by atoms with Crippen molar-refractivity contribution in [3.63, 3.8) is 0 Å². The Kier molecular flexibility index (Phi) is 3.74. The number of hydrogen-bond donors (Lipinski definition) is 1. The van der Waals surface area contributed by atoms with Gasteiger partial charge in [0.25, 0.3) is 0 Å². The fourth-order valence-corrected chi connectivity index (χ4v) is 1.80. The summed E-state index contributed by atoms with van der Waals surface area (Å²) in [6.07, 6.45) is -3.23. The van der Waals surface area contributed by atoms with E-state index >= 15 is 0 Å². The third-order valence-electron chi connectivity index (χ3n) is 2.20. The fraction of sp³-hybridized carbons (Fsp3) is 0.0833. The summed E-state index contributed by atoms with van der Waals surface area (Å²) in [5.74, 6) is 0. The highest BCUT2D eigenvalue weighted by molar-refractivity contribution is 14.1. The predicted octanol–water partition coefficient (Wildman–Crippen LogP) is 4.45. The summed E-state index contributed by atoms with van der Waals surface area (Å²) < 4.78 is 38.3. The van der Waals surface area contributed by atoms with Crippen molar-refractivity contribution in [3.05, 3.63) is 51.9 Å². The summed E-state index contributed by atoms with van der Waals surface area (Å²) in [4.78, 5) is 3.38. The lowest BCUT2D eigenvalue weighted by atomic mass is 10.2. The van der Waals surface area contributed by atoms with Crippen molar-refractivity contribution >= 4 is 34.0 Å². The maximum Gasteiger partial charge on any atom is 0.433 e. The summed E-state index contributed by atoms with van der Waals surface area (Å²) >= 11 is 1.94. The van der Waals surface area contributed by atoms with Crippen LogP contribution in [0.4, 0.5) is 24.5 Å². The Hall–Kier alpha value is -1.31. The molecule has 1 aromatic carbocycles. The molecule has 0 saturated heterocycles. The molecule has 94 valence electrons. The number of nitrogens with one attached hydrogen (secondary N) is 1. The van der Waals surface area contributed by atoms with Crippen LogP contribution < -0.4 is 5.32 Å². The minimum Gasteiger partial charge on any atom is -0.355 e. The molecule has 1 N–H and O–H groups in total. The van der Waals surface area contributed by atoms with Crippen molar-refractivity contribution in [2.75, 3.05) is 5.32 Å². The van der Waals surface area contributed by atoms with Gasteiger partial charge < -0.3 is 5.32 Å². The standard InChI is InChI=1S/C12H8F3IN2/c13-12(14,15)11-6-10(9(16)7-17-11)18-8-4-2-1-3-5-8/h1-7H,(H,17,18). The number of halogens is 4. The first kappa shape index (κ1) is 13.1.